The molecule has 1 saturated heterocycles. The summed E-state index contributed by atoms with van der Waals surface area (Å²) < 4.78 is 17.8. The highest BCUT2D eigenvalue weighted by molar-refractivity contribution is 5.66. The van der Waals surface area contributed by atoms with Crippen molar-refractivity contribution in [3.63, 3.8) is 0 Å². The lowest BCUT2D eigenvalue weighted by Crippen LogP contribution is -2.45. The standard InChI is InChI=1S/C22H32O5/c1-13-7-6-8-14(2)17-9-10-22(5,27-17)21(24)20(26-16(4)23)19-15(3)12-25-18(19)11-13/h7,12,14,17,20-21,24H,6,8-11H2,1-5H3/t14-,17+,20-,21+,22-/m0/s1. The number of carbonyl (C=O) groups excluding carboxylic acids is 1. The fourth-order valence-corrected chi connectivity index (χ4v) is 4.42. The Morgan fingerprint density at radius 1 is 1.33 bits per heavy atom. The maximum absolute atomic E-state index is 11.8. The lowest BCUT2D eigenvalue weighted by Gasteiger charge is -2.36. The normalized spacial score (nSPS) is 34.7. The molecule has 2 aliphatic heterocycles. The number of hydrogen-bond donors (Lipinski definition) is 1. The molecule has 5 nitrogen and oxygen atoms in total. The maximum Gasteiger partial charge on any atom is 0.303 e. The molecule has 0 aromatic carbocycles. The average molecular weight is 376 g/mol. The molecule has 0 amide bonds. The van der Waals surface area contributed by atoms with Crippen LogP contribution < -0.4 is 0 Å². The summed E-state index contributed by atoms with van der Waals surface area (Å²) in [5.41, 5.74) is 2.11. The molecule has 0 saturated carbocycles. The second-order valence-corrected chi connectivity index (χ2v) is 8.52. The van der Waals surface area contributed by atoms with Crippen LogP contribution in [0.2, 0.25) is 0 Å². The van der Waals surface area contributed by atoms with Gasteiger partial charge in [-0.25, -0.2) is 0 Å². The number of aliphatic hydroxyl groups is 1. The molecule has 150 valence electrons. The molecule has 0 spiro atoms. The summed E-state index contributed by atoms with van der Waals surface area (Å²) in [5, 5.41) is 11.3. The third kappa shape index (κ3) is 4.14. The van der Waals surface area contributed by atoms with Gasteiger partial charge in [-0.05, 0) is 57.9 Å². The van der Waals surface area contributed by atoms with Crippen molar-refractivity contribution in [2.75, 3.05) is 0 Å². The topological polar surface area (TPSA) is 68.9 Å². The van der Waals surface area contributed by atoms with Crippen molar-refractivity contribution in [2.24, 2.45) is 5.92 Å². The predicted molar refractivity (Wildman–Crippen MR) is 102 cm³/mol. The summed E-state index contributed by atoms with van der Waals surface area (Å²) in [5.74, 6) is 0.736. The zero-order valence-electron chi connectivity index (χ0n) is 17.1. The number of esters is 1. The van der Waals surface area contributed by atoms with Gasteiger partial charge < -0.3 is 19.0 Å². The highest BCUT2D eigenvalue weighted by Gasteiger charge is 2.48. The Labute approximate surface area is 161 Å². The van der Waals surface area contributed by atoms with Crippen molar-refractivity contribution in [3.8, 4) is 0 Å². The van der Waals surface area contributed by atoms with Gasteiger partial charge >= 0.3 is 5.97 Å². The number of allylic oxidation sites excluding steroid dienone is 2. The monoisotopic (exact) mass is 376 g/mol. The van der Waals surface area contributed by atoms with Crippen LogP contribution in [0.15, 0.2) is 22.3 Å². The first-order chi connectivity index (χ1) is 12.7. The molecule has 1 aromatic rings. The molecule has 5 atom stereocenters. The number of furan rings is 1. The Bertz CT molecular complexity index is 718. The van der Waals surface area contributed by atoms with Gasteiger partial charge in [-0.1, -0.05) is 18.6 Å². The first kappa shape index (κ1) is 20.2. The van der Waals surface area contributed by atoms with E-state index >= 15 is 0 Å². The molecule has 3 rings (SSSR count). The zero-order valence-corrected chi connectivity index (χ0v) is 17.1. The fourth-order valence-electron chi connectivity index (χ4n) is 4.42. The van der Waals surface area contributed by atoms with E-state index in [9.17, 15) is 9.90 Å². The molecule has 5 heteroatoms. The highest BCUT2D eigenvalue weighted by atomic mass is 16.6. The summed E-state index contributed by atoms with van der Waals surface area (Å²) >= 11 is 0. The molecule has 3 heterocycles. The predicted octanol–water partition coefficient (Wildman–Crippen LogP) is 4.41. The zero-order chi connectivity index (χ0) is 19.8. The first-order valence-corrected chi connectivity index (χ1v) is 9.97. The largest absolute Gasteiger partial charge is 0.468 e. The van der Waals surface area contributed by atoms with E-state index in [0.717, 1.165) is 42.6 Å². The second-order valence-electron chi connectivity index (χ2n) is 8.52. The Balaban J connectivity index is 2.06. The molecule has 0 aliphatic carbocycles. The van der Waals surface area contributed by atoms with Crippen molar-refractivity contribution >= 4 is 5.97 Å². The van der Waals surface area contributed by atoms with Crippen LogP contribution in [0.3, 0.4) is 0 Å². The van der Waals surface area contributed by atoms with Crippen molar-refractivity contribution in [2.45, 2.75) is 90.6 Å². The Morgan fingerprint density at radius 2 is 2.07 bits per heavy atom. The lowest BCUT2D eigenvalue weighted by atomic mass is 9.86. The molecule has 2 bridgehead atoms. The number of ether oxygens (including phenoxy) is 2. The molecule has 27 heavy (non-hydrogen) atoms. The molecule has 1 fully saturated rings. The van der Waals surface area contributed by atoms with Gasteiger partial charge in [0, 0.05) is 18.9 Å². The Kier molecular flexibility index (Phi) is 5.82. The number of aliphatic hydroxyl groups excluding tert-OH is 1. The van der Waals surface area contributed by atoms with Gasteiger partial charge in [0.2, 0.25) is 0 Å². The number of aryl methyl sites for hydroxylation is 1. The summed E-state index contributed by atoms with van der Waals surface area (Å²) in [4.78, 5) is 11.8. The number of carbonyl (C=O) groups is 1. The third-order valence-electron chi connectivity index (χ3n) is 6.13. The van der Waals surface area contributed by atoms with E-state index in [1.165, 1.54) is 12.5 Å². The van der Waals surface area contributed by atoms with E-state index in [0.29, 0.717) is 12.3 Å². The summed E-state index contributed by atoms with van der Waals surface area (Å²) in [6.45, 7) is 9.53. The number of hydrogen-bond acceptors (Lipinski definition) is 5. The van der Waals surface area contributed by atoms with Crippen molar-refractivity contribution < 1.29 is 23.8 Å². The molecule has 1 aromatic heterocycles. The average Bonchev–Trinajstić information content (AvgIpc) is 3.16. The van der Waals surface area contributed by atoms with E-state index in [-0.39, 0.29) is 6.10 Å². The molecular weight excluding hydrogens is 344 g/mol. The molecular formula is C22H32O5. The van der Waals surface area contributed by atoms with Crippen molar-refractivity contribution in [3.05, 3.63) is 34.8 Å². The SMILES string of the molecule is CC(=O)O[C@H]1c2c(C)coc2CC(C)=CCC[C@H](C)[C@H]2CC[C@](C)(O2)[C@@H]1O. The van der Waals surface area contributed by atoms with Crippen LogP contribution in [0.5, 0.6) is 0 Å². The van der Waals surface area contributed by atoms with Gasteiger partial charge in [0.25, 0.3) is 0 Å². The van der Waals surface area contributed by atoms with E-state index < -0.39 is 23.8 Å². The van der Waals surface area contributed by atoms with Gasteiger partial charge in [-0.15, -0.1) is 0 Å². The van der Waals surface area contributed by atoms with E-state index in [1.54, 1.807) is 6.26 Å². The minimum absolute atomic E-state index is 0.113. The van der Waals surface area contributed by atoms with Crippen LogP contribution in [0.25, 0.3) is 0 Å². The van der Waals surface area contributed by atoms with Crippen LogP contribution in [0.4, 0.5) is 0 Å². The van der Waals surface area contributed by atoms with Crippen molar-refractivity contribution in [1.29, 1.82) is 0 Å². The van der Waals surface area contributed by atoms with Gasteiger partial charge in [-0.3, -0.25) is 4.79 Å². The minimum atomic E-state index is -0.960. The Morgan fingerprint density at radius 3 is 2.78 bits per heavy atom. The van der Waals surface area contributed by atoms with Crippen LogP contribution in [0, 0.1) is 12.8 Å². The van der Waals surface area contributed by atoms with Crippen LogP contribution in [-0.4, -0.2) is 28.9 Å². The van der Waals surface area contributed by atoms with Gasteiger partial charge in [0.05, 0.1) is 18.0 Å². The minimum Gasteiger partial charge on any atom is -0.468 e. The molecule has 0 unspecified atom stereocenters. The first-order valence-electron chi connectivity index (χ1n) is 9.97. The Hall–Kier alpha value is -1.59. The lowest BCUT2D eigenvalue weighted by molar-refractivity contribution is -0.177. The summed E-state index contributed by atoms with van der Waals surface area (Å²) in [6, 6.07) is 0. The van der Waals surface area contributed by atoms with Crippen molar-refractivity contribution in [1.82, 2.24) is 0 Å². The highest BCUT2D eigenvalue weighted by Crippen LogP contribution is 2.43. The van der Waals surface area contributed by atoms with Gasteiger partial charge in [0.1, 0.15) is 11.9 Å². The summed E-state index contributed by atoms with van der Waals surface area (Å²) in [7, 11) is 0. The molecule has 1 N–H and O–H groups in total. The molecule has 0 radical (unpaired) electrons. The van der Waals surface area contributed by atoms with E-state index in [1.807, 2.05) is 13.8 Å². The van der Waals surface area contributed by atoms with E-state index in [2.05, 4.69) is 19.9 Å². The summed E-state index contributed by atoms with van der Waals surface area (Å²) in [6.07, 6.45) is 6.61. The number of rotatable bonds is 1. The maximum atomic E-state index is 11.8. The van der Waals surface area contributed by atoms with Crippen LogP contribution >= 0.6 is 0 Å². The second kappa shape index (κ2) is 7.80. The number of fused-ring (bicyclic) bond motifs is 3. The smallest absolute Gasteiger partial charge is 0.303 e. The van der Waals surface area contributed by atoms with Gasteiger partial charge in [-0.2, -0.15) is 0 Å². The molecule has 2 aliphatic rings. The van der Waals surface area contributed by atoms with Gasteiger partial charge in [0.15, 0.2) is 6.10 Å². The van der Waals surface area contributed by atoms with Crippen LogP contribution in [-0.2, 0) is 20.7 Å². The quantitative estimate of drug-likeness (QED) is 0.581. The third-order valence-corrected chi connectivity index (χ3v) is 6.13. The fraction of sp³-hybridized carbons (Fsp3) is 0.682. The van der Waals surface area contributed by atoms with E-state index in [4.69, 9.17) is 13.9 Å². The van der Waals surface area contributed by atoms with Crippen LogP contribution in [0.1, 0.15) is 76.4 Å².